The Labute approximate surface area is 111 Å². The largest absolute Gasteiger partial charge is 0.496 e. The third kappa shape index (κ3) is 2.76. The second-order valence-corrected chi connectivity index (χ2v) is 4.63. The van der Waals surface area contributed by atoms with Gasteiger partial charge < -0.3 is 10.5 Å². The Bertz CT molecular complexity index is 647. The second kappa shape index (κ2) is 5.14. The van der Waals surface area contributed by atoms with Crippen molar-refractivity contribution in [2.45, 2.75) is 19.8 Å². The summed E-state index contributed by atoms with van der Waals surface area (Å²) in [7, 11) is 1.60. The number of nitrogens with two attached hydrogens (primary N) is 1. The van der Waals surface area contributed by atoms with E-state index in [4.69, 9.17) is 10.5 Å². The maximum atomic E-state index is 11.4. The lowest BCUT2D eigenvalue weighted by molar-refractivity contribution is 0.415. The highest BCUT2D eigenvalue weighted by molar-refractivity contribution is 5.68. The molecule has 0 bridgehead atoms. The molecule has 0 saturated carbocycles. The van der Waals surface area contributed by atoms with E-state index in [1.165, 1.54) is 11.6 Å². The molecule has 0 radical (unpaired) electrons. The van der Waals surface area contributed by atoms with E-state index in [2.05, 4.69) is 23.8 Å². The number of aromatic nitrogens is 2. The third-order valence-corrected chi connectivity index (χ3v) is 2.93. The van der Waals surface area contributed by atoms with E-state index < -0.39 is 0 Å². The quantitative estimate of drug-likeness (QED) is 0.885. The molecular formula is C14H17N3O2. The summed E-state index contributed by atoms with van der Waals surface area (Å²) in [5, 5.41) is 0. The van der Waals surface area contributed by atoms with Crippen molar-refractivity contribution in [2.75, 3.05) is 12.8 Å². The van der Waals surface area contributed by atoms with Gasteiger partial charge in [0, 0.05) is 11.6 Å². The summed E-state index contributed by atoms with van der Waals surface area (Å²) in [4.78, 5) is 18.0. The van der Waals surface area contributed by atoms with Crippen molar-refractivity contribution < 1.29 is 4.74 Å². The van der Waals surface area contributed by atoms with Crippen LogP contribution < -0.4 is 16.0 Å². The van der Waals surface area contributed by atoms with E-state index in [0.717, 1.165) is 5.56 Å². The summed E-state index contributed by atoms with van der Waals surface area (Å²) in [6.45, 7) is 4.22. The van der Waals surface area contributed by atoms with Gasteiger partial charge in [0.2, 0.25) is 5.95 Å². The first-order chi connectivity index (χ1) is 9.01. The molecule has 0 saturated heterocycles. The van der Waals surface area contributed by atoms with Crippen LogP contribution >= 0.6 is 0 Å². The normalized spacial score (nSPS) is 10.7. The Morgan fingerprint density at radius 2 is 2.05 bits per heavy atom. The van der Waals surface area contributed by atoms with E-state index in [9.17, 15) is 4.79 Å². The van der Waals surface area contributed by atoms with E-state index in [-0.39, 0.29) is 11.5 Å². The molecule has 5 nitrogen and oxygen atoms in total. The van der Waals surface area contributed by atoms with Gasteiger partial charge in [0.1, 0.15) is 5.75 Å². The number of anilines is 1. The van der Waals surface area contributed by atoms with Gasteiger partial charge in [-0.3, -0.25) is 9.78 Å². The van der Waals surface area contributed by atoms with Gasteiger partial charge in [0.05, 0.1) is 12.8 Å². The van der Waals surface area contributed by atoms with Crippen molar-refractivity contribution in [3.05, 3.63) is 40.2 Å². The summed E-state index contributed by atoms with van der Waals surface area (Å²) >= 11 is 0. The van der Waals surface area contributed by atoms with Crippen LogP contribution in [0.4, 0.5) is 5.95 Å². The van der Waals surface area contributed by atoms with Gasteiger partial charge in [-0.2, -0.15) is 0 Å². The molecule has 1 heterocycles. The molecule has 0 amide bonds. The average Bonchev–Trinajstić information content (AvgIpc) is 2.36. The molecule has 3 N–H and O–H groups in total. The molecule has 0 atom stereocenters. The molecule has 0 aliphatic heterocycles. The van der Waals surface area contributed by atoms with Gasteiger partial charge >= 0.3 is 0 Å². The Kier molecular flexibility index (Phi) is 3.55. The molecule has 0 aliphatic carbocycles. The minimum absolute atomic E-state index is 0.0949. The molecule has 1 aromatic heterocycles. The zero-order chi connectivity index (χ0) is 14.0. The number of hydrogen-bond acceptors (Lipinski definition) is 4. The number of aromatic amines is 1. The zero-order valence-electron chi connectivity index (χ0n) is 11.2. The number of ether oxygens (including phenoxy) is 1. The molecule has 19 heavy (non-hydrogen) atoms. The van der Waals surface area contributed by atoms with Crippen LogP contribution in [0.2, 0.25) is 0 Å². The van der Waals surface area contributed by atoms with E-state index in [1.807, 2.05) is 18.2 Å². The molecule has 0 aliphatic rings. The minimum atomic E-state index is -0.280. The van der Waals surface area contributed by atoms with Gasteiger partial charge in [0.15, 0.2) is 0 Å². The molecule has 0 unspecified atom stereocenters. The van der Waals surface area contributed by atoms with Gasteiger partial charge in [-0.05, 0) is 23.6 Å². The van der Waals surface area contributed by atoms with Crippen LogP contribution in [0.25, 0.3) is 11.3 Å². The lowest BCUT2D eigenvalue weighted by Crippen LogP contribution is -2.10. The number of nitrogens with zero attached hydrogens (tertiary/aromatic N) is 1. The monoisotopic (exact) mass is 259 g/mol. The molecule has 0 spiro atoms. The molecule has 1 aromatic carbocycles. The van der Waals surface area contributed by atoms with Crippen molar-refractivity contribution in [3.63, 3.8) is 0 Å². The van der Waals surface area contributed by atoms with Crippen molar-refractivity contribution in [1.29, 1.82) is 0 Å². The highest BCUT2D eigenvalue weighted by Crippen LogP contribution is 2.31. The second-order valence-electron chi connectivity index (χ2n) is 4.63. The fraction of sp³-hybridized carbons (Fsp3) is 0.286. The highest BCUT2D eigenvalue weighted by atomic mass is 16.5. The summed E-state index contributed by atoms with van der Waals surface area (Å²) in [6, 6.07) is 7.26. The van der Waals surface area contributed by atoms with Crippen LogP contribution in [0.15, 0.2) is 29.1 Å². The number of methoxy groups -OCH3 is 1. The first kappa shape index (κ1) is 13.1. The molecule has 0 fully saturated rings. The molecule has 5 heteroatoms. The Balaban J connectivity index is 2.58. The lowest BCUT2D eigenvalue weighted by atomic mass is 10.00. The topological polar surface area (TPSA) is 81.0 Å². The predicted molar refractivity (Wildman–Crippen MR) is 75.3 cm³/mol. The number of hydrogen-bond donors (Lipinski definition) is 2. The first-order valence-electron chi connectivity index (χ1n) is 6.06. The number of benzene rings is 1. The Hall–Kier alpha value is -2.30. The number of nitrogens with one attached hydrogen (secondary N) is 1. The average molecular weight is 259 g/mol. The minimum Gasteiger partial charge on any atom is -0.496 e. The van der Waals surface area contributed by atoms with Crippen molar-refractivity contribution in [2.24, 2.45) is 0 Å². The van der Waals surface area contributed by atoms with Crippen LogP contribution in [0, 0.1) is 0 Å². The van der Waals surface area contributed by atoms with Crippen molar-refractivity contribution in [3.8, 4) is 17.0 Å². The fourth-order valence-corrected chi connectivity index (χ4v) is 1.89. The van der Waals surface area contributed by atoms with Gasteiger partial charge in [-0.1, -0.05) is 19.9 Å². The smallest absolute Gasteiger partial charge is 0.252 e. The maximum absolute atomic E-state index is 11.4. The summed E-state index contributed by atoms with van der Waals surface area (Å²) in [5.74, 6) is 1.18. The van der Waals surface area contributed by atoms with Crippen molar-refractivity contribution in [1.82, 2.24) is 9.97 Å². The summed E-state index contributed by atoms with van der Waals surface area (Å²) in [6.07, 6.45) is 0. The zero-order valence-corrected chi connectivity index (χ0v) is 11.2. The van der Waals surface area contributed by atoms with Crippen LogP contribution in [-0.2, 0) is 0 Å². The SMILES string of the molecule is COc1cc(C(C)C)ccc1-c1cc(=O)[nH]c(N)n1. The van der Waals surface area contributed by atoms with Gasteiger partial charge in [-0.25, -0.2) is 4.98 Å². The standard InChI is InChI=1S/C14H17N3O2/c1-8(2)9-4-5-10(12(6-9)19-3)11-7-13(18)17-14(15)16-11/h4-8H,1-3H3,(H3,15,16,17,18). The summed E-state index contributed by atoms with van der Waals surface area (Å²) in [5.41, 5.74) is 7.71. The van der Waals surface area contributed by atoms with Crippen LogP contribution in [0.3, 0.4) is 0 Å². The van der Waals surface area contributed by atoms with Crippen LogP contribution in [-0.4, -0.2) is 17.1 Å². The first-order valence-corrected chi connectivity index (χ1v) is 6.06. The molecule has 2 aromatic rings. The third-order valence-electron chi connectivity index (χ3n) is 2.93. The Morgan fingerprint density at radius 3 is 2.63 bits per heavy atom. The number of nitrogen functional groups attached to an aromatic ring is 1. The molecule has 2 rings (SSSR count). The lowest BCUT2D eigenvalue weighted by Gasteiger charge is -2.12. The number of rotatable bonds is 3. The predicted octanol–water partition coefficient (Wildman–Crippen LogP) is 2.15. The fourth-order valence-electron chi connectivity index (χ4n) is 1.89. The molecular weight excluding hydrogens is 242 g/mol. The van der Waals surface area contributed by atoms with Crippen molar-refractivity contribution >= 4 is 5.95 Å². The van der Waals surface area contributed by atoms with Gasteiger partial charge in [0.25, 0.3) is 5.56 Å². The number of H-pyrrole nitrogens is 1. The molecule has 100 valence electrons. The van der Waals surface area contributed by atoms with E-state index in [1.54, 1.807) is 7.11 Å². The van der Waals surface area contributed by atoms with Crippen LogP contribution in [0.5, 0.6) is 5.75 Å². The maximum Gasteiger partial charge on any atom is 0.252 e. The van der Waals surface area contributed by atoms with Gasteiger partial charge in [-0.15, -0.1) is 0 Å². The Morgan fingerprint density at radius 1 is 1.32 bits per heavy atom. The highest BCUT2D eigenvalue weighted by Gasteiger charge is 2.11. The van der Waals surface area contributed by atoms with Crippen LogP contribution in [0.1, 0.15) is 25.3 Å². The summed E-state index contributed by atoms with van der Waals surface area (Å²) < 4.78 is 5.38. The van der Waals surface area contributed by atoms with E-state index in [0.29, 0.717) is 17.4 Å². The van der Waals surface area contributed by atoms with E-state index >= 15 is 0 Å².